The SMILES string of the molecule is COCC(OC)O[SiH3]. The standard InChI is InChI=1S/C4H12O3Si/c1-5-3-4(6-2)7-8/h4H,3H2,1-2,8H3. The molecule has 0 aromatic heterocycles. The fourth-order valence-corrected chi connectivity index (χ4v) is 0.697. The third-order valence-corrected chi connectivity index (χ3v) is 1.35. The van der Waals surface area contributed by atoms with E-state index in [1.54, 1.807) is 14.2 Å². The summed E-state index contributed by atoms with van der Waals surface area (Å²) >= 11 is 0. The molecule has 0 bridgehead atoms. The molecule has 8 heavy (non-hydrogen) atoms. The highest BCUT2D eigenvalue weighted by atomic mass is 28.2. The van der Waals surface area contributed by atoms with Gasteiger partial charge in [0.05, 0.1) is 6.61 Å². The number of hydrogen-bond donors (Lipinski definition) is 0. The molecule has 0 amide bonds. The van der Waals surface area contributed by atoms with Gasteiger partial charge in [-0.2, -0.15) is 0 Å². The van der Waals surface area contributed by atoms with Gasteiger partial charge < -0.3 is 13.9 Å². The molecule has 0 aliphatic carbocycles. The second kappa shape index (κ2) is 5.24. The summed E-state index contributed by atoms with van der Waals surface area (Å²) in [6.07, 6.45) is -0.160. The Hall–Kier alpha value is 0.0969. The van der Waals surface area contributed by atoms with Crippen LogP contribution in [0.4, 0.5) is 0 Å². The van der Waals surface area contributed by atoms with Crippen molar-refractivity contribution in [3.63, 3.8) is 0 Å². The van der Waals surface area contributed by atoms with E-state index in [4.69, 9.17) is 13.9 Å². The van der Waals surface area contributed by atoms with Gasteiger partial charge >= 0.3 is 0 Å². The number of hydrogen-bond acceptors (Lipinski definition) is 3. The molecule has 0 fully saturated rings. The van der Waals surface area contributed by atoms with E-state index in [2.05, 4.69) is 0 Å². The second-order valence-corrected chi connectivity index (χ2v) is 1.83. The van der Waals surface area contributed by atoms with Gasteiger partial charge in [0.25, 0.3) is 0 Å². The zero-order valence-electron chi connectivity index (χ0n) is 5.51. The monoisotopic (exact) mass is 136 g/mol. The summed E-state index contributed by atoms with van der Waals surface area (Å²) in [6.45, 7) is 0.514. The lowest BCUT2D eigenvalue weighted by atomic mass is 10.7. The minimum atomic E-state index is -0.160. The van der Waals surface area contributed by atoms with Crippen LogP contribution in [0.3, 0.4) is 0 Å². The van der Waals surface area contributed by atoms with E-state index in [1.165, 1.54) is 0 Å². The smallest absolute Gasteiger partial charge is 0.170 e. The molecule has 0 aliphatic heterocycles. The second-order valence-electron chi connectivity index (χ2n) is 1.36. The third-order valence-electron chi connectivity index (χ3n) is 0.829. The van der Waals surface area contributed by atoms with Crippen molar-refractivity contribution in [3.8, 4) is 0 Å². The summed E-state index contributed by atoms with van der Waals surface area (Å²) in [5.41, 5.74) is 0. The van der Waals surface area contributed by atoms with Gasteiger partial charge in [-0.3, -0.25) is 0 Å². The first-order valence-electron chi connectivity index (χ1n) is 2.39. The number of rotatable bonds is 4. The van der Waals surface area contributed by atoms with E-state index < -0.39 is 0 Å². The molecule has 0 saturated carbocycles. The molecule has 3 nitrogen and oxygen atoms in total. The van der Waals surface area contributed by atoms with E-state index in [1.807, 2.05) is 0 Å². The van der Waals surface area contributed by atoms with Crippen molar-refractivity contribution in [1.29, 1.82) is 0 Å². The highest BCUT2D eigenvalue weighted by molar-refractivity contribution is 5.98. The van der Waals surface area contributed by atoms with Crippen molar-refractivity contribution in [1.82, 2.24) is 0 Å². The summed E-state index contributed by atoms with van der Waals surface area (Å²) in [5, 5.41) is 0. The first kappa shape index (κ1) is 8.10. The highest BCUT2D eigenvalue weighted by Gasteiger charge is 2.00. The fourth-order valence-electron chi connectivity index (χ4n) is 0.368. The molecule has 1 atom stereocenters. The summed E-state index contributed by atoms with van der Waals surface area (Å²) in [4.78, 5) is 0. The van der Waals surface area contributed by atoms with E-state index in [0.29, 0.717) is 17.1 Å². The molecule has 1 unspecified atom stereocenters. The van der Waals surface area contributed by atoms with Crippen molar-refractivity contribution < 1.29 is 13.9 Å². The molecule has 0 heterocycles. The molecule has 0 aromatic rings. The lowest BCUT2D eigenvalue weighted by Gasteiger charge is -2.11. The molecular weight excluding hydrogens is 124 g/mol. The molecular formula is C4H12O3Si. The Morgan fingerprint density at radius 2 is 2.12 bits per heavy atom. The maximum atomic E-state index is 4.93. The summed E-state index contributed by atoms with van der Waals surface area (Å²) in [6, 6.07) is 0. The van der Waals surface area contributed by atoms with Crippen LogP contribution >= 0.6 is 0 Å². The van der Waals surface area contributed by atoms with Crippen LogP contribution in [-0.2, 0) is 13.9 Å². The van der Waals surface area contributed by atoms with Gasteiger partial charge in [0, 0.05) is 14.2 Å². The van der Waals surface area contributed by atoms with Crippen LogP contribution in [0, 0.1) is 0 Å². The van der Waals surface area contributed by atoms with E-state index in [9.17, 15) is 0 Å². The van der Waals surface area contributed by atoms with Gasteiger partial charge in [0.1, 0.15) is 10.5 Å². The molecule has 0 spiro atoms. The lowest BCUT2D eigenvalue weighted by molar-refractivity contribution is -0.0899. The lowest BCUT2D eigenvalue weighted by Crippen LogP contribution is -2.19. The summed E-state index contributed by atoms with van der Waals surface area (Å²) in [5.74, 6) is 0. The van der Waals surface area contributed by atoms with Crippen LogP contribution < -0.4 is 0 Å². The third kappa shape index (κ3) is 3.14. The molecule has 0 aliphatic rings. The van der Waals surface area contributed by atoms with Crippen molar-refractivity contribution in [3.05, 3.63) is 0 Å². The Kier molecular flexibility index (Phi) is 5.30. The maximum Gasteiger partial charge on any atom is 0.170 e. The summed E-state index contributed by atoms with van der Waals surface area (Å²) < 4.78 is 14.5. The molecule has 0 saturated heterocycles. The Bertz CT molecular complexity index is 46.5. The minimum absolute atomic E-state index is 0.160. The van der Waals surface area contributed by atoms with Gasteiger partial charge in [-0.25, -0.2) is 0 Å². The van der Waals surface area contributed by atoms with Gasteiger partial charge in [-0.15, -0.1) is 0 Å². The molecule has 4 heteroatoms. The Labute approximate surface area is 52.5 Å². The van der Waals surface area contributed by atoms with Crippen LogP contribution in [-0.4, -0.2) is 37.6 Å². The largest absolute Gasteiger partial charge is 0.402 e. The Balaban J connectivity index is 3.07. The topological polar surface area (TPSA) is 27.7 Å². The van der Waals surface area contributed by atoms with Crippen molar-refractivity contribution in [2.75, 3.05) is 20.8 Å². The average molecular weight is 136 g/mol. The van der Waals surface area contributed by atoms with Crippen LogP contribution in [0.5, 0.6) is 0 Å². The predicted octanol–water partition coefficient (Wildman–Crippen LogP) is -1.10. The fraction of sp³-hybridized carbons (Fsp3) is 1.00. The normalized spacial score (nSPS) is 14.2. The van der Waals surface area contributed by atoms with Gasteiger partial charge in [0.2, 0.25) is 0 Å². The zero-order valence-corrected chi connectivity index (χ0v) is 7.51. The Morgan fingerprint density at radius 3 is 2.25 bits per heavy atom. The molecule has 50 valence electrons. The average Bonchev–Trinajstić information content (AvgIpc) is 1.83. The quantitative estimate of drug-likeness (QED) is 0.363. The van der Waals surface area contributed by atoms with Crippen molar-refractivity contribution in [2.24, 2.45) is 0 Å². The number of ether oxygens (including phenoxy) is 2. The van der Waals surface area contributed by atoms with Gasteiger partial charge in [-0.05, 0) is 0 Å². The van der Waals surface area contributed by atoms with Gasteiger partial charge in [0.15, 0.2) is 6.29 Å². The minimum Gasteiger partial charge on any atom is -0.402 e. The van der Waals surface area contributed by atoms with Crippen LogP contribution in [0.25, 0.3) is 0 Å². The van der Waals surface area contributed by atoms with Crippen LogP contribution in [0.1, 0.15) is 0 Å². The summed E-state index contributed by atoms with van der Waals surface area (Å²) in [7, 11) is 3.91. The predicted molar refractivity (Wildman–Crippen MR) is 33.7 cm³/mol. The van der Waals surface area contributed by atoms with Crippen LogP contribution in [0.2, 0.25) is 0 Å². The molecule has 0 N–H and O–H groups in total. The van der Waals surface area contributed by atoms with Crippen molar-refractivity contribution in [2.45, 2.75) is 6.29 Å². The molecule has 0 aromatic carbocycles. The Morgan fingerprint density at radius 1 is 1.50 bits per heavy atom. The van der Waals surface area contributed by atoms with Crippen LogP contribution in [0.15, 0.2) is 0 Å². The molecule has 0 rings (SSSR count). The first-order chi connectivity index (χ1) is 3.85. The van der Waals surface area contributed by atoms with E-state index in [-0.39, 0.29) is 6.29 Å². The van der Waals surface area contributed by atoms with E-state index >= 15 is 0 Å². The number of methoxy groups -OCH3 is 2. The highest BCUT2D eigenvalue weighted by Crippen LogP contribution is 1.87. The zero-order chi connectivity index (χ0) is 6.41. The van der Waals surface area contributed by atoms with E-state index in [0.717, 1.165) is 0 Å². The maximum absolute atomic E-state index is 4.93. The van der Waals surface area contributed by atoms with Gasteiger partial charge in [-0.1, -0.05) is 0 Å². The van der Waals surface area contributed by atoms with Crippen molar-refractivity contribution >= 4 is 10.5 Å². The first-order valence-corrected chi connectivity index (χ1v) is 3.21. The molecule has 0 radical (unpaired) electrons.